The van der Waals surface area contributed by atoms with Crippen molar-refractivity contribution in [1.29, 1.82) is 0 Å². The van der Waals surface area contributed by atoms with E-state index in [1.165, 1.54) is 20.4 Å². The number of aromatic carboxylic acids is 1. The van der Waals surface area contributed by atoms with Crippen molar-refractivity contribution in [2.45, 2.75) is 18.9 Å². The summed E-state index contributed by atoms with van der Waals surface area (Å²) in [5.74, 6) is -1.92. The molecule has 9 nitrogen and oxygen atoms in total. The predicted molar refractivity (Wildman–Crippen MR) is 109 cm³/mol. The number of pyridine rings is 1. The van der Waals surface area contributed by atoms with Gasteiger partial charge in [-0.15, -0.1) is 0 Å². The van der Waals surface area contributed by atoms with E-state index in [0.717, 1.165) is 18.9 Å². The molecular formula is C20H23FN4O5. The average Bonchev–Trinajstić information content (AvgIpc) is 3.48. The molecule has 2 aromatic rings. The first-order valence-electron chi connectivity index (χ1n) is 9.64. The Hall–Kier alpha value is -3.14. The van der Waals surface area contributed by atoms with Gasteiger partial charge in [0, 0.05) is 31.2 Å². The van der Waals surface area contributed by atoms with Crippen LogP contribution in [0.1, 0.15) is 29.2 Å². The number of hydrogen-bond donors (Lipinski definition) is 2. The topological polar surface area (TPSA) is 119 Å². The Bertz CT molecular complexity index is 1110. The highest BCUT2D eigenvalue weighted by Gasteiger charge is 2.35. The van der Waals surface area contributed by atoms with Crippen LogP contribution in [0.25, 0.3) is 10.9 Å². The second-order valence-corrected chi connectivity index (χ2v) is 7.53. The zero-order valence-electron chi connectivity index (χ0n) is 16.7. The quantitative estimate of drug-likeness (QED) is 0.684. The van der Waals surface area contributed by atoms with E-state index in [1.807, 2.05) is 0 Å². The number of nitrogens with zero attached hydrogens (tertiary/aromatic N) is 3. The molecule has 1 aliphatic heterocycles. The first-order valence-corrected chi connectivity index (χ1v) is 9.64. The van der Waals surface area contributed by atoms with E-state index in [2.05, 4.69) is 5.16 Å². The number of nitrogens with two attached hydrogens (primary N) is 1. The number of ether oxygens (including phenoxy) is 1. The molecule has 1 aromatic heterocycles. The SMILES string of the molecule is CO/N=C1\CN(c2c(F)cc3c(=O)c(C(=O)O)cn(C4CC4)c3c2OC)CC1CN. The third-order valence-electron chi connectivity index (χ3n) is 5.65. The number of carboxylic acid groups (broad SMARTS) is 1. The lowest BCUT2D eigenvalue weighted by atomic mass is 10.1. The molecule has 1 aromatic carbocycles. The summed E-state index contributed by atoms with van der Waals surface area (Å²) < 4.78 is 22.6. The van der Waals surface area contributed by atoms with Crippen molar-refractivity contribution in [2.75, 3.05) is 38.8 Å². The van der Waals surface area contributed by atoms with Crippen molar-refractivity contribution in [2.24, 2.45) is 16.8 Å². The summed E-state index contributed by atoms with van der Waals surface area (Å²) in [6.07, 6.45) is 3.02. The Morgan fingerprint density at radius 1 is 1.40 bits per heavy atom. The summed E-state index contributed by atoms with van der Waals surface area (Å²) in [6.45, 7) is 1.04. The second-order valence-electron chi connectivity index (χ2n) is 7.53. The number of methoxy groups -OCH3 is 1. The maximum atomic E-state index is 15.3. The van der Waals surface area contributed by atoms with Gasteiger partial charge < -0.3 is 29.9 Å². The van der Waals surface area contributed by atoms with Gasteiger partial charge in [-0.2, -0.15) is 0 Å². The minimum Gasteiger partial charge on any atom is -0.492 e. The number of aromatic nitrogens is 1. The van der Waals surface area contributed by atoms with Crippen molar-refractivity contribution in [3.05, 3.63) is 33.9 Å². The summed E-state index contributed by atoms with van der Waals surface area (Å²) in [7, 11) is 2.85. The van der Waals surface area contributed by atoms with Crippen LogP contribution in [0.2, 0.25) is 0 Å². The lowest BCUT2D eigenvalue weighted by molar-refractivity contribution is 0.0695. The zero-order chi connectivity index (χ0) is 21.6. The average molecular weight is 418 g/mol. The van der Waals surface area contributed by atoms with Crippen LogP contribution in [0.15, 0.2) is 22.2 Å². The van der Waals surface area contributed by atoms with Crippen molar-refractivity contribution in [3.63, 3.8) is 0 Å². The van der Waals surface area contributed by atoms with Crippen LogP contribution < -0.4 is 20.8 Å². The summed E-state index contributed by atoms with van der Waals surface area (Å²) in [4.78, 5) is 31.0. The van der Waals surface area contributed by atoms with Crippen LogP contribution in [-0.4, -0.2) is 55.2 Å². The van der Waals surface area contributed by atoms with Crippen molar-refractivity contribution in [1.82, 2.24) is 4.57 Å². The number of anilines is 1. The Morgan fingerprint density at radius 2 is 2.13 bits per heavy atom. The van der Waals surface area contributed by atoms with Crippen LogP contribution >= 0.6 is 0 Å². The van der Waals surface area contributed by atoms with Crippen LogP contribution in [0, 0.1) is 11.7 Å². The maximum absolute atomic E-state index is 15.3. The third-order valence-corrected chi connectivity index (χ3v) is 5.65. The monoisotopic (exact) mass is 418 g/mol. The molecule has 0 amide bonds. The minimum atomic E-state index is -1.34. The summed E-state index contributed by atoms with van der Waals surface area (Å²) >= 11 is 0. The molecule has 1 saturated heterocycles. The van der Waals surface area contributed by atoms with Gasteiger partial charge in [-0.1, -0.05) is 5.16 Å². The predicted octanol–water partition coefficient (Wildman–Crippen LogP) is 1.58. The number of oxime groups is 1. The number of hydrogen-bond acceptors (Lipinski definition) is 7. The smallest absolute Gasteiger partial charge is 0.341 e. The Labute approximate surface area is 171 Å². The molecule has 0 bridgehead atoms. The normalized spacial score (nSPS) is 20.2. The van der Waals surface area contributed by atoms with Crippen molar-refractivity contribution >= 4 is 28.3 Å². The fourth-order valence-electron chi connectivity index (χ4n) is 4.09. The van der Waals surface area contributed by atoms with E-state index in [9.17, 15) is 14.7 Å². The first-order chi connectivity index (χ1) is 14.4. The highest BCUT2D eigenvalue weighted by Crippen LogP contribution is 2.44. The van der Waals surface area contributed by atoms with Gasteiger partial charge in [-0.05, 0) is 18.9 Å². The lowest BCUT2D eigenvalue weighted by Gasteiger charge is -2.24. The van der Waals surface area contributed by atoms with E-state index >= 15 is 4.39 Å². The molecule has 2 heterocycles. The van der Waals surface area contributed by atoms with E-state index < -0.39 is 17.2 Å². The van der Waals surface area contributed by atoms with Gasteiger partial charge in [0.15, 0.2) is 11.6 Å². The van der Waals surface area contributed by atoms with E-state index in [0.29, 0.717) is 30.9 Å². The fourth-order valence-corrected chi connectivity index (χ4v) is 4.09. The molecule has 1 aliphatic carbocycles. The van der Waals surface area contributed by atoms with Gasteiger partial charge in [0.2, 0.25) is 5.43 Å². The highest BCUT2D eigenvalue weighted by atomic mass is 19.1. The number of carbonyl (C=O) groups is 1. The molecule has 2 aliphatic rings. The third kappa shape index (κ3) is 3.17. The first kappa shape index (κ1) is 20.1. The molecule has 0 spiro atoms. The molecule has 2 fully saturated rings. The number of carboxylic acids is 1. The Kier molecular flexibility index (Phi) is 5.10. The van der Waals surface area contributed by atoms with Crippen LogP contribution in [-0.2, 0) is 4.84 Å². The van der Waals surface area contributed by atoms with Crippen LogP contribution in [0.4, 0.5) is 10.1 Å². The maximum Gasteiger partial charge on any atom is 0.341 e. The van der Waals surface area contributed by atoms with Gasteiger partial charge in [0.1, 0.15) is 18.4 Å². The molecule has 1 atom stereocenters. The number of halogens is 1. The van der Waals surface area contributed by atoms with E-state index in [1.54, 1.807) is 9.47 Å². The molecule has 1 saturated carbocycles. The van der Waals surface area contributed by atoms with Crippen molar-refractivity contribution in [3.8, 4) is 5.75 Å². The Balaban J connectivity index is 1.97. The van der Waals surface area contributed by atoms with E-state index in [-0.39, 0.29) is 34.3 Å². The highest BCUT2D eigenvalue weighted by molar-refractivity contribution is 5.99. The Morgan fingerprint density at radius 3 is 2.70 bits per heavy atom. The fraction of sp³-hybridized carbons (Fsp3) is 0.450. The molecule has 160 valence electrons. The minimum absolute atomic E-state index is 0.0137. The van der Waals surface area contributed by atoms with Gasteiger partial charge >= 0.3 is 5.97 Å². The number of benzene rings is 1. The summed E-state index contributed by atoms with van der Waals surface area (Å²) in [6, 6.07) is 1.14. The molecule has 4 rings (SSSR count). The van der Waals surface area contributed by atoms with Crippen LogP contribution in [0.3, 0.4) is 0 Å². The largest absolute Gasteiger partial charge is 0.492 e. The van der Waals surface area contributed by atoms with Gasteiger partial charge in [0.25, 0.3) is 0 Å². The van der Waals surface area contributed by atoms with E-state index in [4.69, 9.17) is 15.3 Å². The van der Waals surface area contributed by atoms with Gasteiger partial charge in [-0.25, -0.2) is 9.18 Å². The summed E-state index contributed by atoms with van der Waals surface area (Å²) in [5.41, 5.74) is 6.01. The number of rotatable bonds is 6. The lowest BCUT2D eigenvalue weighted by Crippen LogP contribution is -2.25. The molecule has 30 heavy (non-hydrogen) atoms. The van der Waals surface area contributed by atoms with Crippen molar-refractivity contribution < 1.29 is 23.9 Å². The molecule has 1 unspecified atom stereocenters. The molecular weight excluding hydrogens is 395 g/mol. The molecule has 0 radical (unpaired) electrons. The summed E-state index contributed by atoms with van der Waals surface area (Å²) in [5, 5.41) is 13.4. The standard InChI is InChI=1S/C20H23FN4O5/c1-29-19-16-12(18(26)13(20(27)28)8-25(16)11-3-4-11)5-14(21)17(19)24-7-10(6-22)15(9-24)23-30-2/h5,8,10-11H,3-4,6-7,9,22H2,1-2H3,(H,27,28)/b23-15+. The molecule has 3 N–H and O–H groups in total. The van der Waals surface area contributed by atoms with Gasteiger partial charge in [-0.3, -0.25) is 4.79 Å². The van der Waals surface area contributed by atoms with Crippen LogP contribution in [0.5, 0.6) is 5.75 Å². The van der Waals surface area contributed by atoms with Gasteiger partial charge in [0.05, 0.1) is 30.3 Å². The molecule has 10 heteroatoms. The zero-order valence-corrected chi connectivity index (χ0v) is 16.7. The second kappa shape index (κ2) is 7.60. The number of fused-ring (bicyclic) bond motifs is 1.